The number of hydrogen-bond acceptors (Lipinski definition) is 7. The van der Waals surface area contributed by atoms with Crippen LogP contribution < -0.4 is 4.74 Å². The Morgan fingerprint density at radius 2 is 1.84 bits per heavy atom. The van der Waals surface area contributed by atoms with Crippen LogP contribution in [0, 0.1) is 6.92 Å². The summed E-state index contributed by atoms with van der Waals surface area (Å²) in [6.07, 6.45) is 0.756. The highest BCUT2D eigenvalue weighted by Gasteiger charge is 2.22. The largest absolute Gasteiger partial charge is 0.481 e. The Morgan fingerprint density at radius 3 is 2.57 bits per heavy atom. The van der Waals surface area contributed by atoms with Gasteiger partial charge in [-0.3, -0.25) is 9.59 Å². The van der Waals surface area contributed by atoms with Gasteiger partial charge in [-0.2, -0.15) is 0 Å². The number of rotatable bonds is 9. The van der Waals surface area contributed by atoms with E-state index in [1.165, 1.54) is 13.3 Å². The predicted octanol–water partition coefficient (Wildman–Crippen LogP) is 5.85. The number of benzene rings is 2. The predicted molar refractivity (Wildman–Crippen MR) is 137 cm³/mol. The molecule has 4 rings (SSSR count). The van der Waals surface area contributed by atoms with Gasteiger partial charge in [0, 0.05) is 33.5 Å². The van der Waals surface area contributed by atoms with Crippen LogP contribution in [-0.2, 0) is 27.2 Å². The molecule has 0 aliphatic rings. The minimum absolute atomic E-state index is 0.0390. The molecule has 0 aliphatic heterocycles. The lowest BCUT2D eigenvalue weighted by Crippen LogP contribution is -2.12. The third kappa shape index (κ3) is 5.98. The minimum Gasteiger partial charge on any atom is -0.481 e. The summed E-state index contributed by atoms with van der Waals surface area (Å²) < 4.78 is 16.7. The SMILES string of the molecule is COc1ncc(CC(=O)O)cc1-c1cccc(-c2onc(C)c2CC(=O)OC(C)c2ccccc2Cl)c1. The molecule has 1 unspecified atom stereocenters. The number of carboxylic acids is 1. The van der Waals surface area contributed by atoms with E-state index in [0.29, 0.717) is 44.6 Å². The first-order valence-corrected chi connectivity index (χ1v) is 11.9. The van der Waals surface area contributed by atoms with Gasteiger partial charge in [-0.25, -0.2) is 4.98 Å². The van der Waals surface area contributed by atoms with Crippen LogP contribution in [-0.4, -0.2) is 34.3 Å². The second kappa shape index (κ2) is 11.3. The van der Waals surface area contributed by atoms with E-state index in [0.717, 1.165) is 11.1 Å². The molecule has 2 aromatic carbocycles. The average molecular weight is 521 g/mol. The summed E-state index contributed by atoms with van der Waals surface area (Å²) in [4.78, 5) is 28.3. The summed E-state index contributed by atoms with van der Waals surface area (Å²) >= 11 is 6.24. The summed E-state index contributed by atoms with van der Waals surface area (Å²) in [6.45, 7) is 3.53. The summed E-state index contributed by atoms with van der Waals surface area (Å²) in [7, 11) is 1.50. The monoisotopic (exact) mass is 520 g/mol. The summed E-state index contributed by atoms with van der Waals surface area (Å²) in [5.41, 5.74) is 4.51. The van der Waals surface area contributed by atoms with Gasteiger partial charge in [0.1, 0.15) is 6.10 Å². The number of aliphatic carboxylic acids is 1. The number of aryl methyl sites for hydroxylation is 1. The molecule has 1 atom stereocenters. The molecule has 9 heteroatoms. The van der Waals surface area contributed by atoms with E-state index in [9.17, 15) is 9.59 Å². The lowest BCUT2D eigenvalue weighted by Gasteiger charge is -2.15. The molecule has 0 saturated carbocycles. The molecule has 37 heavy (non-hydrogen) atoms. The molecule has 0 radical (unpaired) electrons. The number of halogens is 1. The molecule has 0 amide bonds. The van der Waals surface area contributed by atoms with Gasteiger partial charge in [0.15, 0.2) is 5.76 Å². The highest BCUT2D eigenvalue weighted by Crippen LogP contribution is 2.34. The van der Waals surface area contributed by atoms with Gasteiger partial charge in [-0.1, -0.05) is 53.2 Å². The first kappa shape index (κ1) is 25.9. The van der Waals surface area contributed by atoms with Gasteiger partial charge in [0.05, 0.1) is 25.6 Å². The number of aromatic nitrogens is 2. The molecule has 0 bridgehead atoms. The van der Waals surface area contributed by atoms with E-state index in [2.05, 4.69) is 10.1 Å². The molecular weight excluding hydrogens is 496 g/mol. The highest BCUT2D eigenvalue weighted by molar-refractivity contribution is 6.31. The van der Waals surface area contributed by atoms with E-state index >= 15 is 0 Å². The number of pyridine rings is 1. The zero-order chi connectivity index (χ0) is 26.5. The maximum absolute atomic E-state index is 12.8. The van der Waals surface area contributed by atoms with Crippen LogP contribution in [0.5, 0.6) is 5.88 Å². The Kier molecular flexibility index (Phi) is 7.89. The molecule has 2 heterocycles. The van der Waals surface area contributed by atoms with Crippen molar-refractivity contribution in [2.45, 2.75) is 32.8 Å². The quantitative estimate of drug-likeness (QED) is 0.274. The topological polar surface area (TPSA) is 112 Å². The standard InChI is InChI=1S/C28H25ClN2O6/c1-16-22(14-26(34)36-17(2)21-9-4-5-10-24(21)29)27(37-31-16)20-8-6-7-19(13-20)23-11-18(12-25(32)33)15-30-28(23)35-3/h4-11,13,15,17H,12,14H2,1-3H3,(H,32,33). The Balaban J connectivity index is 1.61. The molecule has 0 fully saturated rings. The van der Waals surface area contributed by atoms with Gasteiger partial charge in [0.2, 0.25) is 5.88 Å². The summed E-state index contributed by atoms with van der Waals surface area (Å²) in [6, 6.07) is 16.3. The fourth-order valence-corrected chi connectivity index (χ4v) is 4.33. The van der Waals surface area contributed by atoms with Crippen LogP contribution in [0.4, 0.5) is 0 Å². The maximum atomic E-state index is 12.8. The van der Waals surface area contributed by atoms with Gasteiger partial charge in [-0.05, 0) is 43.2 Å². The molecule has 190 valence electrons. The molecule has 0 aliphatic carbocycles. The highest BCUT2D eigenvalue weighted by atomic mass is 35.5. The second-order valence-corrected chi connectivity index (χ2v) is 8.86. The number of esters is 1. The fourth-order valence-electron chi connectivity index (χ4n) is 4.04. The van der Waals surface area contributed by atoms with Gasteiger partial charge in [-0.15, -0.1) is 0 Å². The van der Waals surface area contributed by atoms with E-state index in [4.69, 9.17) is 30.7 Å². The number of hydrogen-bond donors (Lipinski definition) is 1. The van der Waals surface area contributed by atoms with E-state index in [-0.39, 0.29) is 12.8 Å². The normalized spacial score (nSPS) is 11.7. The second-order valence-electron chi connectivity index (χ2n) is 8.46. The summed E-state index contributed by atoms with van der Waals surface area (Å²) in [5, 5.41) is 13.8. The first-order chi connectivity index (χ1) is 17.8. The zero-order valence-electron chi connectivity index (χ0n) is 20.5. The minimum atomic E-state index is -0.954. The zero-order valence-corrected chi connectivity index (χ0v) is 21.3. The molecule has 1 N–H and O–H groups in total. The Morgan fingerprint density at radius 1 is 1.08 bits per heavy atom. The van der Waals surface area contributed by atoms with Crippen LogP contribution in [0.25, 0.3) is 22.5 Å². The van der Waals surface area contributed by atoms with Crippen molar-refractivity contribution in [3.05, 3.63) is 88.2 Å². The Labute approximate surface area is 218 Å². The number of carbonyl (C=O) groups is 2. The molecular formula is C28H25ClN2O6. The Hall–Kier alpha value is -4.17. The van der Waals surface area contributed by atoms with Crippen LogP contribution >= 0.6 is 11.6 Å². The van der Waals surface area contributed by atoms with Crippen molar-refractivity contribution < 1.29 is 28.7 Å². The summed E-state index contributed by atoms with van der Waals surface area (Å²) in [5.74, 6) is -0.597. The fraction of sp³-hybridized carbons (Fsp3) is 0.214. The number of ether oxygens (including phenoxy) is 2. The molecule has 2 aromatic heterocycles. The van der Waals surface area contributed by atoms with Gasteiger partial charge < -0.3 is 19.1 Å². The van der Waals surface area contributed by atoms with Crippen molar-refractivity contribution in [2.24, 2.45) is 0 Å². The number of methoxy groups -OCH3 is 1. The number of carboxylic acid groups (broad SMARTS) is 1. The average Bonchev–Trinajstić information content (AvgIpc) is 3.23. The van der Waals surface area contributed by atoms with Crippen LogP contribution in [0.2, 0.25) is 5.02 Å². The lowest BCUT2D eigenvalue weighted by molar-refractivity contribution is -0.147. The van der Waals surface area contributed by atoms with Crippen LogP contribution in [0.1, 0.15) is 35.4 Å². The van der Waals surface area contributed by atoms with E-state index < -0.39 is 18.0 Å². The maximum Gasteiger partial charge on any atom is 0.311 e. The van der Waals surface area contributed by atoms with Crippen molar-refractivity contribution in [1.82, 2.24) is 10.1 Å². The van der Waals surface area contributed by atoms with E-state index in [1.807, 2.05) is 42.5 Å². The van der Waals surface area contributed by atoms with Gasteiger partial charge in [0.25, 0.3) is 0 Å². The third-order valence-corrected chi connectivity index (χ3v) is 6.19. The van der Waals surface area contributed by atoms with Crippen molar-refractivity contribution in [3.63, 3.8) is 0 Å². The van der Waals surface area contributed by atoms with Crippen LogP contribution in [0.3, 0.4) is 0 Å². The Bertz CT molecular complexity index is 1450. The van der Waals surface area contributed by atoms with Crippen LogP contribution in [0.15, 0.2) is 65.3 Å². The molecule has 0 spiro atoms. The van der Waals surface area contributed by atoms with Crippen molar-refractivity contribution in [1.29, 1.82) is 0 Å². The smallest absolute Gasteiger partial charge is 0.311 e. The van der Waals surface area contributed by atoms with E-state index in [1.54, 1.807) is 26.0 Å². The molecule has 0 saturated heterocycles. The van der Waals surface area contributed by atoms with Crippen molar-refractivity contribution in [3.8, 4) is 28.3 Å². The van der Waals surface area contributed by atoms with Crippen molar-refractivity contribution >= 4 is 23.5 Å². The third-order valence-electron chi connectivity index (χ3n) is 5.85. The molecule has 4 aromatic rings. The number of nitrogens with zero attached hydrogens (tertiary/aromatic N) is 2. The molecule has 8 nitrogen and oxygen atoms in total. The number of carbonyl (C=O) groups excluding carboxylic acids is 1. The first-order valence-electron chi connectivity index (χ1n) is 11.5. The van der Waals surface area contributed by atoms with Gasteiger partial charge >= 0.3 is 11.9 Å². The van der Waals surface area contributed by atoms with Crippen molar-refractivity contribution in [2.75, 3.05) is 7.11 Å². The lowest BCUT2D eigenvalue weighted by atomic mass is 9.98.